The summed E-state index contributed by atoms with van der Waals surface area (Å²) in [4.78, 5) is 2.47. The van der Waals surface area contributed by atoms with Crippen LogP contribution in [0.4, 0.5) is 0 Å². The smallest absolute Gasteiger partial charge is 0.0939 e. The molecule has 0 saturated heterocycles. The highest BCUT2D eigenvalue weighted by molar-refractivity contribution is 9.10. The Kier molecular flexibility index (Phi) is 4.29. The Balaban J connectivity index is 2.30. The van der Waals surface area contributed by atoms with Gasteiger partial charge in [0.1, 0.15) is 0 Å². The van der Waals surface area contributed by atoms with Crippen LogP contribution in [0.5, 0.6) is 0 Å². The van der Waals surface area contributed by atoms with Gasteiger partial charge in [0, 0.05) is 14.2 Å². The Labute approximate surface area is 120 Å². The molecule has 90 valence electrons. The summed E-state index contributed by atoms with van der Waals surface area (Å²) in [5.74, 6) is 0. The summed E-state index contributed by atoms with van der Waals surface area (Å²) in [7, 11) is 0. The van der Waals surface area contributed by atoms with Crippen molar-refractivity contribution in [3.8, 4) is 0 Å². The van der Waals surface area contributed by atoms with Gasteiger partial charge in [0.05, 0.1) is 5.38 Å². The van der Waals surface area contributed by atoms with Crippen molar-refractivity contribution >= 4 is 38.9 Å². The molecule has 1 atom stereocenters. The van der Waals surface area contributed by atoms with Crippen molar-refractivity contribution in [3.63, 3.8) is 0 Å². The van der Waals surface area contributed by atoms with Crippen LogP contribution in [-0.2, 0) is 6.42 Å². The molecule has 1 aromatic heterocycles. The summed E-state index contributed by atoms with van der Waals surface area (Å²) in [6, 6.07) is 10.7. The van der Waals surface area contributed by atoms with Gasteiger partial charge in [-0.2, -0.15) is 0 Å². The van der Waals surface area contributed by atoms with Gasteiger partial charge in [-0.1, -0.05) is 31.2 Å². The number of alkyl halides is 1. The van der Waals surface area contributed by atoms with Crippen molar-refractivity contribution in [1.29, 1.82) is 0 Å². The molecule has 0 aliphatic carbocycles. The largest absolute Gasteiger partial charge is 0.143 e. The number of hydrogen-bond donors (Lipinski definition) is 0. The van der Waals surface area contributed by atoms with Crippen LogP contribution in [-0.4, -0.2) is 0 Å². The molecule has 0 aliphatic heterocycles. The van der Waals surface area contributed by atoms with E-state index in [2.05, 4.69) is 60.1 Å². The molecule has 2 aromatic rings. The molecule has 0 nitrogen and oxygen atoms in total. The molecule has 0 bridgehead atoms. The topological polar surface area (TPSA) is 0 Å². The van der Waals surface area contributed by atoms with Crippen molar-refractivity contribution < 1.29 is 0 Å². The molecule has 1 unspecified atom stereocenters. The normalized spacial score (nSPS) is 12.7. The fourth-order valence-corrected chi connectivity index (χ4v) is 4.16. The number of halogens is 2. The maximum Gasteiger partial charge on any atom is 0.0939 e. The van der Waals surface area contributed by atoms with Crippen molar-refractivity contribution in [3.05, 3.63) is 55.7 Å². The lowest BCUT2D eigenvalue weighted by Gasteiger charge is -2.09. The summed E-state index contributed by atoms with van der Waals surface area (Å²) < 4.78 is 1.11. The van der Waals surface area contributed by atoms with E-state index in [0.29, 0.717) is 0 Å². The molecule has 0 saturated carbocycles. The molecule has 1 aromatic carbocycles. The minimum atomic E-state index is -0.0611. The first-order valence-corrected chi connectivity index (χ1v) is 7.65. The summed E-state index contributed by atoms with van der Waals surface area (Å²) in [5.41, 5.74) is 2.51. The maximum absolute atomic E-state index is 6.53. The SMILES string of the molecule is CCc1ccc(C(Cl)c2sc(C)cc2Br)cc1. The minimum Gasteiger partial charge on any atom is -0.143 e. The van der Waals surface area contributed by atoms with Gasteiger partial charge in [-0.25, -0.2) is 0 Å². The molecular weight excluding hydrogens is 316 g/mol. The van der Waals surface area contributed by atoms with Crippen LogP contribution < -0.4 is 0 Å². The zero-order chi connectivity index (χ0) is 12.4. The summed E-state index contributed by atoms with van der Waals surface area (Å²) >= 11 is 11.8. The molecule has 2 rings (SSSR count). The van der Waals surface area contributed by atoms with Crippen molar-refractivity contribution in [2.45, 2.75) is 25.6 Å². The van der Waals surface area contributed by atoms with E-state index in [9.17, 15) is 0 Å². The number of benzene rings is 1. The fraction of sp³-hybridized carbons (Fsp3) is 0.286. The summed E-state index contributed by atoms with van der Waals surface area (Å²) in [5, 5.41) is -0.0611. The highest BCUT2D eigenvalue weighted by Gasteiger charge is 2.16. The lowest BCUT2D eigenvalue weighted by Crippen LogP contribution is -1.91. The van der Waals surface area contributed by atoms with E-state index in [4.69, 9.17) is 11.6 Å². The molecule has 0 amide bonds. The Hall–Kier alpha value is -0.310. The van der Waals surface area contributed by atoms with E-state index in [1.165, 1.54) is 15.3 Å². The van der Waals surface area contributed by atoms with Crippen molar-refractivity contribution in [2.75, 3.05) is 0 Å². The van der Waals surface area contributed by atoms with Crippen LogP contribution in [0.15, 0.2) is 34.8 Å². The first-order valence-electron chi connectivity index (χ1n) is 5.60. The molecule has 3 heteroatoms. The molecule has 0 N–H and O–H groups in total. The molecule has 0 aliphatic rings. The van der Waals surface area contributed by atoms with Gasteiger partial charge in [-0.05, 0) is 46.5 Å². The average molecular weight is 330 g/mol. The first-order chi connectivity index (χ1) is 8.11. The molecular formula is C14H14BrClS. The number of aryl methyl sites for hydroxylation is 2. The molecule has 0 fully saturated rings. The van der Waals surface area contributed by atoms with E-state index in [-0.39, 0.29) is 5.38 Å². The third kappa shape index (κ3) is 2.93. The maximum atomic E-state index is 6.53. The number of rotatable bonds is 3. The third-order valence-corrected chi connectivity index (χ3v) is 5.38. The van der Waals surface area contributed by atoms with Crippen LogP contribution >= 0.6 is 38.9 Å². The monoisotopic (exact) mass is 328 g/mol. The van der Waals surface area contributed by atoms with Gasteiger partial charge >= 0.3 is 0 Å². The van der Waals surface area contributed by atoms with Crippen LogP contribution in [0.2, 0.25) is 0 Å². The Morgan fingerprint density at radius 3 is 2.41 bits per heavy atom. The Morgan fingerprint density at radius 1 is 1.29 bits per heavy atom. The predicted octanol–water partition coefficient (Wildman–Crippen LogP) is 5.71. The van der Waals surface area contributed by atoms with Crippen LogP contribution in [0.1, 0.15) is 33.2 Å². The van der Waals surface area contributed by atoms with Gasteiger partial charge in [0.15, 0.2) is 0 Å². The van der Waals surface area contributed by atoms with Gasteiger partial charge in [-0.15, -0.1) is 22.9 Å². The first kappa shape index (κ1) is 13.1. The fourth-order valence-electron chi connectivity index (χ4n) is 1.75. The highest BCUT2D eigenvalue weighted by atomic mass is 79.9. The van der Waals surface area contributed by atoms with Crippen LogP contribution in [0, 0.1) is 6.92 Å². The molecule has 17 heavy (non-hydrogen) atoms. The zero-order valence-corrected chi connectivity index (χ0v) is 13.0. The van der Waals surface area contributed by atoms with Crippen LogP contribution in [0.3, 0.4) is 0 Å². The minimum absolute atomic E-state index is 0.0611. The van der Waals surface area contributed by atoms with Gasteiger partial charge in [0.25, 0.3) is 0 Å². The van der Waals surface area contributed by atoms with E-state index in [1.54, 1.807) is 11.3 Å². The number of hydrogen-bond acceptors (Lipinski definition) is 1. The molecule has 0 spiro atoms. The van der Waals surface area contributed by atoms with Crippen molar-refractivity contribution in [2.24, 2.45) is 0 Å². The quantitative estimate of drug-likeness (QED) is 0.633. The van der Waals surface area contributed by atoms with Crippen molar-refractivity contribution in [1.82, 2.24) is 0 Å². The van der Waals surface area contributed by atoms with E-state index in [1.807, 2.05) is 0 Å². The van der Waals surface area contributed by atoms with Crippen LogP contribution in [0.25, 0.3) is 0 Å². The van der Waals surface area contributed by atoms with Gasteiger partial charge in [-0.3, -0.25) is 0 Å². The third-order valence-electron chi connectivity index (χ3n) is 2.75. The Bertz CT molecular complexity index is 501. The van der Waals surface area contributed by atoms with E-state index >= 15 is 0 Å². The molecule has 1 heterocycles. The summed E-state index contributed by atoms with van der Waals surface area (Å²) in [6.07, 6.45) is 1.06. The number of thiophene rings is 1. The van der Waals surface area contributed by atoms with Gasteiger partial charge < -0.3 is 0 Å². The zero-order valence-electron chi connectivity index (χ0n) is 9.84. The lowest BCUT2D eigenvalue weighted by molar-refractivity contribution is 1.11. The van der Waals surface area contributed by atoms with E-state index < -0.39 is 0 Å². The van der Waals surface area contributed by atoms with E-state index in [0.717, 1.165) is 16.5 Å². The standard InChI is InChI=1S/C14H14BrClS/c1-3-10-4-6-11(7-5-10)13(16)14-12(15)8-9(2)17-14/h4-8,13H,3H2,1-2H3. The highest BCUT2D eigenvalue weighted by Crippen LogP contribution is 2.39. The second-order valence-corrected chi connectivity index (χ2v) is 6.61. The Morgan fingerprint density at radius 2 is 1.94 bits per heavy atom. The summed E-state index contributed by atoms with van der Waals surface area (Å²) in [6.45, 7) is 4.26. The van der Waals surface area contributed by atoms with Gasteiger partial charge in [0.2, 0.25) is 0 Å². The predicted molar refractivity (Wildman–Crippen MR) is 80.3 cm³/mol. The second-order valence-electron chi connectivity index (χ2n) is 4.03. The lowest BCUT2D eigenvalue weighted by atomic mass is 10.1. The molecule has 0 radical (unpaired) electrons. The second kappa shape index (κ2) is 5.55. The average Bonchev–Trinajstić information content (AvgIpc) is 2.68.